The van der Waals surface area contributed by atoms with Gasteiger partial charge >= 0.3 is 6.09 Å². The summed E-state index contributed by atoms with van der Waals surface area (Å²) in [5.41, 5.74) is 1.25. The number of ether oxygens (including phenoxy) is 1. The summed E-state index contributed by atoms with van der Waals surface area (Å²) in [6.45, 7) is 8.36. The second-order valence-electron chi connectivity index (χ2n) is 7.64. The highest BCUT2D eigenvalue weighted by atomic mass is 16.6. The zero-order valence-corrected chi connectivity index (χ0v) is 16.4. The first-order chi connectivity index (χ1) is 12.2. The Morgan fingerprint density at radius 2 is 1.62 bits per heavy atom. The summed E-state index contributed by atoms with van der Waals surface area (Å²) < 4.78 is 5.42. The van der Waals surface area contributed by atoms with Crippen molar-refractivity contribution in [3.8, 4) is 0 Å². The number of hydrogen-bond acceptors (Lipinski definition) is 5. The van der Waals surface area contributed by atoms with Crippen LogP contribution >= 0.6 is 0 Å². The molecule has 0 aromatic heterocycles. The SMILES string of the molecule is CN(C)/C=C/C(=O)c1ccc(N2CCN(C(=O)OC(C)(C)C)CC2)cc1. The quantitative estimate of drug-likeness (QED) is 0.611. The minimum absolute atomic E-state index is 0.0139. The van der Waals surface area contributed by atoms with Crippen LogP contribution in [0.5, 0.6) is 0 Å². The summed E-state index contributed by atoms with van der Waals surface area (Å²) in [6, 6.07) is 7.61. The maximum Gasteiger partial charge on any atom is 0.410 e. The molecular weight excluding hydrogens is 330 g/mol. The van der Waals surface area contributed by atoms with Crippen LogP contribution < -0.4 is 4.90 Å². The van der Waals surface area contributed by atoms with Crippen LogP contribution in [0.3, 0.4) is 0 Å². The number of benzene rings is 1. The number of anilines is 1. The highest BCUT2D eigenvalue weighted by molar-refractivity contribution is 6.04. The van der Waals surface area contributed by atoms with Crippen molar-refractivity contribution in [3.05, 3.63) is 42.1 Å². The van der Waals surface area contributed by atoms with Gasteiger partial charge in [-0.25, -0.2) is 4.79 Å². The third-order valence-corrected chi connectivity index (χ3v) is 3.97. The van der Waals surface area contributed by atoms with Crippen LogP contribution in [0.1, 0.15) is 31.1 Å². The van der Waals surface area contributed by atoms with E-state index >= 15 is 0 Å². The molecule has 26 heavy (non-hydrogen) atoms. The van der Waals surface area contributed by atoms with Crippen LogP contribution in [0.2, 0.25) is 0 Å². The van der Waals surface area contributed by atoms with Crippen LogP contribution in [0.4, 0.5) is 10.5 Å². The smallest absolute Gasteiger partial charge is 0.410 e. The summed E-state index contributed by atoms with van der Waals surface area (Å²) in [6.07, 6.45) is 3.05. The van der Waals surface area contributed by atoms with Gasteiger partial charge in [0.05, 0.1) is 0 Å². The van der Waals surface area contributed by atoms with E-state index < -0.39 is 5.60 Å². The van der Waals surface area contributed by atoms with Crippen molar-refractivity contribution in [2.45, 2.75) is 26.4 Å². The fraction of sp³-hybridized carbons (Fsp3) is 0.500. The van der Waals surface area contributed by atoms with Gasteiger partial charge in [-0.15, -0.1) is 0 Å². The number of carbonyl (C=O) groups is 2. The average Bonchev–Trinajstić information content (AvgIpc) is 2.58. The van der Waals surface area contributed by atoms with E-state index in [4.69, 9.17) is 4.74 Å². The minimum Gasteiger partial charge on any atom is -0.444 e. The molecule has 0 spiro atoms. The molecule has 6 nitrogen and oxygen atoms in total. The summed E-state index contributed by atoms with van der Waals surface area (Å²) in [5, 5.41) is 0. The Morgan fingerprint density at radius 1 is 1.04 bits per heavy atom. The lowest BCUT2D eigenvalue weighted by atomic mass is 10.1. The van der Waals surface area contributed by atoms with Gasteiger partial charge in [0.25, 0.3) is 0 Å². The van der Waals surface area contributed by atoms with Crippen molar-refractivity contribution in [2.24, 2.45) is 0 Å². The maximum absolute atomic E-state index is 12.1. The third kappa shape index (κ3) is 5.79. The highest BCUT2D eigenvalue weighted by Gasteiger charge is 2.25. The monoisotopic (exact) mass is 359 g/mol. The lowest BCUT2D eigenvalue weighted by Gasteiger charge is -2.36. The molecule has 1 heterocycles. The summed E-state index contributed by atoms with van der Waals surface area (Å²) >= 11 is 0. The van der Waals surface area contributed by atoms with Gasteiger partial charge in [-0.2, -0.15) is 0 Å². The molecule has 6 heteroatoms. The Kier molecular flexibility index (Phi) is 6.29. The molecule has 0 N–H and O–H groups in total. The molecular formula is C20H29N3O3. The van der Waals surface area contributed by atoms with Crippen LogP contribution in [0.25, 0.3) is 0 Å². The number of piperazine rings is 1. The van der Waals surface area contributed by atoms with Crippen molar-refractivity contribution < 1.29 is 14.3 Å². The molecule has 2 rings (SSSR count). The molecule has 0 atom stereocenters. The molecule has 1 aliphatic heterocycles. The van der Waals surface area contributed by atoms with Crippen molar-refractivity contribution in [1.29, 1.82) is 0 Å². The van der Waals surface area contributed by atoms with Gasteiger partial charge in [0, 0.05) is 63.8 Å². The van der Waals surface area contributed by atoms with Gasteiger partial charge in [0.1, 0.15) is 5.60 Å². The largest absolute Gasteiger partial charge is 0.444 e. The topological polar surface area (TPSA) is 53.1 Å². The number of carbonyl (C=O) groups excluding carboxylic acids is 2. The number of ketones is 1. The summed E-state index contributed by atoms with van der Waals surface area (Å²) in [5.74, 6) is -0.0139. The maximum atomic E-state index is 12.1. The van der Waals surface area contributed by atoms with Crippen LogP contribution in [0, 0.1) is 0 Å². The first-order valence-corrected chi connectivity index (χ1v) is 8.87. The number of hydrogen-bond donors (Lipinski definition) is 0. The molecule has 1 aliphatic rings. The van der Waals surface area contributed by atoms with Crippen molar-refractivity contribution in [1.82, 2.24) is 9.80 Å². The molecule has 0 radical (unpaired) electrons. The van der Waals surface area contributed by atoms with E-state index in [0.717, 1.165) is 18.8 Å². The lowest BCUT2D eigenvalue weighted by Crippen LogP contribution is -2.50. The standard InChI is InChI=1S/C20H29N3O3/c1-20(2,3)26-19(25)23-14-12-22(13-15-23)17-8-6-16(7-9-17)18(24)10-11-21(4)5/h6-11H,12-15H2,1-5H3/b11-10+. The van der Waals surface area contributed by atoms with Crippen molar-refractivity contribution in [3.63, 3.8) is 0 Å². The average molecular weight is 359 g/mol. The molecule has 0 unspecified atom stereocenters. The molecule has 0 bridgehead atoms. The Bertz CT molecular complexity index is 652. The van der Waals surface area contributed by atoms with Crippen molar-refractivity contribution in [2.75, 3.05) is 45.2 Å². The number of allylic oxidation sites excluding steroid dienone is 1. The van der Waals surface area contributed by atoms with Gasteiger partial charge in [-0.3, -0.25) is 4.79 Å². The second kappa shape index (κ2) is 8.25. The van der Waals surface area contributed by atoms with Crippen LogP contribution in [0.15, 0.2) is 36.5 Å². The molecule has 142 valence electrons. The van der Waals surface area contributed by atoms with Crippen molar-refractivity contribution >= 4 is 17.6 Å². The van der Waals surface area contributed by atoms with Crippen LogP contribution in [-0.4, -0.2) is 67.6 Å². The lowest BCUT2D eigenvalue weighted by molar-refractivity contribution is 0.0240. The molecule has 1 aromatic carbocycles. The first-order valence-electron chi connectivity index (χ1n) is 8.87. The number of rotatable bonds is 4. The zero-order valence-electron chi connectivity index (χ0n) is 16.4. The Labute approximate surface area is 156 Å². The fourth-order valence-electron chi connectivity index (χ4n) is 2.62. The molecule has 0 aliphatic carbocycles. The van der Waals surface area contributed by atoms with Gasteiger partial charge in [0.15, 0.2) is 5.78 Å². The molecule has 1 aromatic rings. The van der Waals surface area contributed by atoms with Gasteiger partial charge in [-0.05, 0) is 45.0 Å². The molecule has 1 fully saturated rings. The highest BCUT2D eigenvalue weighted by Crippen LogP contribution is 2.19. The van der Waals surface area contributed by atoms with Gasteiger partial charge < -0.3 is 19.4 Å². The summed E-state index contributed by atoms with van der Waals surface area (Å²) in [7, 11) is 3.76. The zero-order chi connectivity index (χ0) is 19.3. The minimum atomic E-state index is -0.475. The fourth-order valence-corrected chi connectivity index (χ4v) is 2.62. The Balaban J connectivity index is 1.91. The van der Waals surface area contributed by atoms with E-state index in [0.29, 0.717) is 18.7 Å². The number of nitrogens with zero attached hydrogens (tertiary/aromatic N) is 3. The third-order valence-electron chi connectivity index (χ3n) is 3.97. The van der Waals surface area contributed by atoms with E-state index in [1.54, 1.807) is 17.2 Å². The normalized spacial score (nSPS) is 15.3. The van der Waals surface area contributed by atoms with E-state index in [-0.39, 0.29) is 11.9 Å². The second-order valence-corrected chi connectivity index (χ2v) is 7.64. The van der Waals surface area contributed by atoms with Gasteiger partial charge in [0.2, 0.25) is 0 Å². The molecule has 1 amide bonds. The first kappa shape index (κ1) is 19.8. The van der Waals surface area contributed by atoms with E-state index in [9.17, 15) is 9.59 Å². The van der Waals surface area contributed by atoms with Crippen LogP contribution in [-0.2, 0) is 4.74 Å². The Hall–Kier alpha value is -2.50. The van der Waals surface area contributed by atoms with E-state index in [1.807, 2.05) is 64.0 Å². The van der Waals surface area contributed by atoms with E-state index in [1.165, 1.54) is 0 Å². The predicted molar refractivity (Wildman–Crippen MR) is 104 cm³/mol. The summed E-state index contributed by atoms with van der Waals surface area (Å²) in [4.78, 5) is 30.0. The molecule has 0 saturated carbocycles. The predicted octanol–water partition coefficient (Wildman–Crippen LogP) is 3.00. The molecule has 1 saturated heterocycles. The van der Waals surface area contributed by atoms with Gasteiger partial charge in [-0.1, -0.05) is 0 Å². The Morgan fingerprint density at radius 3 is 2.12 bits per heavy atom. The van der Waals surface area contributed by atoms with E-state index in [2.05, 4.69) is 4.90 Å². The number of amides is 1.